The Bertz CT molecular complexity index is 3590. The van der Waals surface area contributed by atoms with E-state index in [-0.39, 0.29) is 67.4 Å². The summed E-state index contributed by atoms with van der Waals surface area (Å²) in [6.45, 7) is 5.95. The monoisotopic (exact) mass is 1290 g/mol. The molecule has 2 saturated carbocycles. The maximum absolute atomic E-state index is 14.1. The molecule has 4 aromatic carbocycles. The Kier molecular flexibility index (Phi) is 19.5. The van der Waals surface area contributed by atoms with Crippen LogP contribution in [0.15, 0.2) is 110 Å². The van der Waals surface area contributed by atoms with Gasteiger partial charge in [0, 0.05) is 76.0 Å². The number of aliphatic hydroxyl groups is 4. The Morgan fingerprint density at radius 3 is 1.15 bits per heavy atom. The van der Waals surface area contributed by atoms with Gasteiger partial charge in [-0.05, 0) is 96.5 Å². The maximum Gasteiger partial charge on any atom is 0.315 e. The predicted molar refractivity (Wildman–Crippen MR) is 352 cm³/mol. The molecule has 27 heteroatoms. The number of rotatable bonds is 24. The molecule has 27 nitrogen and oxygen atoms in total. The highest BCUT2D eigenvalue weighted by Crippen LogP contribution is 2.39. The zero-order chi connectivity index (χ0) is 65.7. The van der Waals surface area contributed by atoms with Crippen molar-refractivity contribution in [3.63, 3.8) is 0 Å². The summed E-state index contributed by atoms with van der Waals surface area (Å²) in [5.41, 5.74) is 5.79. The number of nitrogens with one attached hydrogen (secondary N) is 6. The second kappa shape index (κ2) is 28.3. The molecule has 10 atom stereocenters. The quantitative estimate of drug-likeness (QED) is 0.0389. The van der Waals surface area contributed by atoms with Crippen LogP contribution in [0, 0.1) is 0 Å². The van der Waals surface area contributed by atoms with Gasteiger partial charge in [-0.3, -0.25) is 9.59 Å². The molecule has 12 rings (SSSR count). The molecule has 0 bridgehead atoms. The number of anilines is 4. The average molecular weight is 1290 g/mol. The minimum atomic E-state index is -1.24. The third-order valence-corrected chi connectivity index (χ3v) is 18.8. The number of fused-ring (bicyclic) bond motifs is 2. The van der Waals surface area contributed by atoms with Crippen molar-refractivity contribution in [1.82, 2.24) is 60.3 Å². The van der Waals surface area contributed by atoms with E-state index in [1.54, 1.807) is 64.1 Å². The Labute approximate surface area is 543 Å². The van der Waals surface area contributed by atoms with Crippen LogP contribution >= 0.6 is 0 Å². The third kappa shape index (κ3) is 13.6. The van der Waals surface area contributed by atoms with Gasteiger partial charge in [0.05, 0.1) is 65.3 Å². The number of imidazole rings is 2. The molecule has 4 aromatic heterocycles. The number of amides is 4. The largest absolute Gasteiger partial charge is 0.497 e. The van der Waals surface area contributed by atoms with Crippen molar-refractivity contribution in [1.29, 1.82) is 0 Å². The highest BCUT2D eigenvalue weighted by Gasteiger charge is 2.46. The summed E-state index contributed by atoms with van der Waals surface area (Å²) in [7, 11) is 6.52. The lowest BCUT2D eigenvalue weighted by Gasteiger charge is -2.23. The molecular weight excluding hydrogens is 1200 g/mol. The Morgan fingerprint density at radius 2 is 0.830 bits per heavy atom. The second-order valence-electron chi connectivity index (χ2n) is 24.5. The number of aromatic nitrogens is 8. The van der Waals surface area contributed by atoms with Crippen LogP contribution < -0.4 is 60.6 Å². The van der Waals surface area contributed by atoms with E-state index in [9.17, 15) is 34.8 Å². The van der Waals surface area contributed by atoms with Crippen molar-refractivity contribution in [3.8, 4) is 23.0 Å². The van der Waals surface area contributed by atoms with Gasteiger partial charge in [-0.25, -0.2) is 14.8 Å². The van der Waals surface area contributed by atoms with Gasteiger partial charge in [0.15, 0.2) is 34.0 Å². The summed E-state index contributed by atoms with van der Waals surface area (Å²) in [6, 6.07) is 27.9. The first-order valence-corrected chi connectivity index (χ1v) is 32.0. The van der Waals surface area contributed by atoms with Gasteiger partial charge in [0.2, 0.25) is 23.7 Å². The number of aliphatic hydroxyl groups excluding tert-OH is 4. The summed E-state index contributed by atoms with van der Waals surface area (Å²) >= 11 is 0. The van der Waals surface area contributed by atoms with Crippen molar-refractivity contribution in [2.45, 2.75) is 125 Å². The third-order valence-electron chi connectivity index (χ3n) is 18.8. The van der Waals surface area contributed by atoms with Crippen LogP contribution in [0.1, 0.15) is 98.5 Å². The van der Waals surface area contributed by atoms with Crippen LogP contribution in [0.3, 0.4) is 0 Å². The molecular formula is C67H82N16O11. The zero-order valence-corrected chi connectivity index (χ0v) is 53.4. The Hall–Kier alpha value is -9.57. The van der Waals surface area contributed by atoms with E-state index in [1.807, 2.05) is 107 Å². The Morgan fingerprint density at radius 1 is 0.489 bits per heavy atom. The van der Waals surface area contributed by atoms with Crippen molar-refractivity contribution >= 4 is 63.7 Å². The van der Waals surface area contributed by atoms with E-state index in [0.29, 0.717) is 98.0 Å². The van der Waals surface area contributed by atoms with E-state index < -0.39 is 48.6 Å². The molecule has 0 radical (unpaired) electrons. The molecule has 6 heterocycles. The molecule has 4 amide bonds. The molecule has 2 aliphatic heterocycles. The van der Waals surface area contributed by atoms with Gasteiger partial charge in [-0.2, -0.15) is 19.9 Å². The minimum Gasteiger partial charge on any atom is -0.497 e. The minimum absolute atomic E-state index is 0.173. The topological polar surface area (TPSA) is 335 Å². The number of ether oxygens (including phenoxy) is 4. The molecule has 0 spiro atoms. The number of nitrogens with zero attached hydrogens (tertiary/aromatic N) is 10. The molecule has 1 unspecified atom stereocenters. The lowest BCUT2D eigenvalue weighted by Crippen LogP contribution is -2.48. The average Bonchev–Trinajstić information content (AvgIpc) is 1.60. The van der Waals surface area contributed by atoms with E-state index in [2.05, 4.69) is 31.9 Å². The standard InChI is InChI=1S/C67H82N16O11/c1-7-53(84)74-49-29-51(59(88)57(49)86)82-35-70-55-61(68-31-47(37-9-17-43(91-3)18-10-37)38-11-19-44(92-4)20-12-38)76-65(78-63(55)82)80-27-25-41(33-80)72-67(90)73-42-26-28-81(34-42)66-77-62(56-64(79-66)83(36-71-56)52-30-50(58(87)60(52)89)75-54(85)8-2)69-32-48(39-13-21-45(93-5)22-14-39)40-15-23-46(94-6)24-16-40/h9-24,35-36,41-42,47-52,57-60,86-89H,7-8,25-34H2,1-6H3,(H,74,84)(H,75,85)(H,68,76,78)(H,69,77,79)(H2,72,73,90)/t41-,42?,49+,50+,51-,52-,57-,58-,59+,60+/m1/s1. The molecule has 2 aliphatic carbocycles. The summed E-state index contributed by atoms with van der Waals surface area (Å²) in [4.78, 5) is 73.2. The van der Waals surface area contributed by atoms with Crippen LogP contribution in [-0.4, -0.2) is 194 Å². The summed E-state index contributed by atoms with van der Waals surface area (Å²) in [6.07, 6.45) is 0.286. The van der Waals surface area contributed by atoms with Gasteiger partial charge in [-0.1, -0.05) is 62.4 Å². The van der Waals surface area contributed by atoms with Crippen LogP contribution in [0.2, 0.25) is 0 Å². The normalized spacial score (nSPS) is 22.7. The van der Waals surface area contributed by atoms with Crippen LogP contribution in [0.4, 0.5) is 28.3 Å². The molecule has 94 heavy (non-hydrogen) atoms. The van der Waals surface area contributed by atoms with E-state index >= 15 is 0 Å². The number of hydrogen-bond donors (Lipinski definition) is 10. The predicted octanol–water partition coefficient (Wildman–Crippen LogP) is 4.77. The number of carbonyl (C=O) groups is 3. The molecule has 10 N–H and O–H groups in total. The molecule has 8 aromatic rings. The van der Waals surface area contributed by atoms with E-state index in [0.717, 1.165) is 45.3 Å². The van der Waals surface area contributed by atoms with Crippen molar-refractivity contribution in [2.24, 2.45) is 0 Å². The fourth-order valence-corrected chi connectivity index (χ4v) is 13.4. The van der Waals surface area contributed by atoms with Gasteiger partial charge in [-0.15, -0.1) is 0 Å². The van der Waals surface area contributed by atoms with Crippen molar-refractivity contribution in [3.05, 3.63) is 132 Å². The van der Waals surface area contributed by atoms with Gasteiger partial charge in [0.1, 0.15) is 47.4 Å². The highest BCUT2D eigenvalue weighted by molar-refractivity contribution is 5.86. The van der Waals surface area contributed by atoms with E-state index in [4.69, 9.17) is 48.9 Å². The summed E-state index contributed by atoms with van der Waals surface area (Å²) < 4.78 is 25.5. The van der Waals surface area contributed by atoms with Crippen LogP contribution in [0.25, 0.3) is 22.3 Å². The number of benzene rings is 4. The van der Waals surface area contributed by atoms with Gasteiger partial charge in [0.25, 0.3) is 0 Å². The summed E-state index contributed by atoms with van der Waals surface area (Å²) in [5, 5.41) is 64.8. The van der Waals surface area contributed by atoms with E-state index in [1.165, 1.54) is 0 Å². The lowest BCUT2D eigenvalue weighted by molar-refractivity contribution is -0.123. The molecule has 4 aliphatic rings. The fourth-order valence-electron chi connectivity index (χ4n) is 13.4. The molecule has 4 fully saturated rings. The molecule has 2 saturated heterocycles. The number of carbonyl (C=O) groups excluding carboxylic acids is 3. The summed E-state index contributed by atoms with van der Waals surface area (Å²) in [5.74, 6) is 3.69. The smallest absolute Gasteiger partial charge is 0.315 e. The maximum atomic E-state index is 14.1. The van der Waals surface area contributed by atoms with Gasteiger partial charge >= 0.3 is 6.03 Å². The first kappa shape index (κ1) is 64.5. The lowest BCUT2D eigenvalue weighted by atomic mass is 9.91. The number of hydrogen-bond acceptors (Lipinski definition) is 21. The number of urea groups is 1. The van der Waals surface area contributed by atoms with Gasteiger partial charge < -0.3 is 90.2 Å². The fraction of sp³-hybridized carbons (Fsp3) is 0.448. The SMILES string of the molecule is CCC(=O)N[C@H]1C[C@@H](n2cnc3c(NCC(c4ccc(OC)cc4)c4ccc(OC)cc4)nc(N4CCC(NC(=O)N[C@@H]5CCN(c6nc(NCC(c7ccc(OC)cc7)c7ccc(OC)cc7)c7ncn([C@@H]8C[C@H](NC(=O)CC)[C@@H](O)[C@H]8O)c7n6)C5)C4)nc32)[C@H](O)[C@@H]1O. The zero-order valence-electron chi connectivity index (χ0n) is 53.4. The Balaban J connectivity index is 0.777. The van der Waals surface area contributed by atoms with Crippen molar-refractivity contribution in [2.75, 3.05) is 88.1 Å². The first-order valence-electron chi connectivity index (χ1n) is 32.0. The highest BCUT2D eigenvalue weighted by atomic mass is 16.5. The number of methoxy groups -OCH3 is 4. The molecule has 496 valence electrons. The van der Waals surface area contributed by atoms with Crippen LogP contribution in [0.5, 0.6) is 23.0 Å². The second-order valence-corrected chi connectivity index (χ2v) is 24.5. The van der Waals surface area contributed by atoms with Crippen LogP contribution in [-0.2, 0) is 9.59 Å². The van der Waals surface area contributed by atoms with Crippen molar-refractivity contribution < 1.29 is 53.8 Å². The first-order chi connectivity index (χ1) is 45.6.